The summed E-state index contributed by atoms with van der Waals surface area (Å²) in [5.41, 5.74) is 2.50. The lowest BCUT2D eigenvalue weighted by Crippen LogP contribution is -2.46. The Morgan fingerprint density at radius 3 is 2.71 bits per heavy atom. The van der Waals surface area contributed by atoms with Gasteiger partial charge in [0.05, 0.1) is 12.7 Å². The van der Waals surface area contributed by atoms with Crippen molar-refractivity contribution >= 4 is 11.8 Å². The van der Waals surface area contributed by atoms with E-state index in [2.05, 4.69) is 5.48 Å². The molecule has 7 heteroatoms. The number of halogens is 1. The average molecular weight is 296 g/mol. The van der Waals surface area contributed by atoms with E-state index >= 15 is 0 Å². The standard InChI is InChI=1S/C14H17FN2O4/c1-2-21-16-13(19)12-7-11(18)8-17(12)14(20)9-3-5-10(15)6-4-9/h3-6,11-12,18H,2,7-8H2,1H3,(H,16,19). The Labute approximate surface area is 121 Å². The van der Waals surface area contributed by atoms with Crippen LogP contribution < -0.4 is 5.48 Å². The molecule has 2 N–H and O–H groups in total. The first-order chi connectivity index (χ1) is 10.0. The Hall–Kier alpha value is -1.99. The number of β-amino-alcohol motifs (C(OH)–C–C–N with tert-alkyl or cyclic N) is 1. The topological polar surface area (TPSA) is 78.9 Å². The minimum absolute atomic E-state index is 0.0560. The smallest absolute Gasteiger partial charge is 0.266 e. The fourth-order valence-electron chi connectivity index (χ4n) is 2.26. The van der Waals surface area contributed by atoms with Crippen LogP contribution in [0.3, 0.4) is 0 Å². The second-order valence-corrected chi connectivity index (χ2v) is 4.77. The Bertz CT molecular complexity index is 520. The monoisotopic (exact) mass is 296 g/mol. The van der Waals surface area contributed by atoms with E-state index in [-0.39, 0.29) is 18.5 Å². The molecule has 0 bridgehead atoms. The van der Waals surface area contributed by atoms with Crippen molar-refractivity contribution in [1.82, 2.24) is 10.4 Å². The Kier molecular flexibility index (Phi) is 4.87. The van der Waals surface area contributed by atoms with E-state index < -0.39 is 29.8 Å². The fraction of sp³-hybridized carbons (Fsp3) is 0.429. The van der Waals surface area contributed by atoms with E-state index in [0.717, 1.165) is 0 Å². The maximum atomic E-state index is 12.9. The molecule has 1 fully saturated rings. The molecule has 0 saturated carbocycles. The lowest BCUT2D eigenvalue weighted by molar-refractivity contribution is -0.137. The normalized spacial score (nSPS) is 21.4. The quantitative estimate of drug-likeness (QED) is 0.792. The second-order valence-electron chi connectivity index (χ2n) is 4.77. The first-order valence-corrected chi connectivity index (χ1v) is 6.69. The Morgan fingerprint density at radius 2 is 2.10 bits per heavy atom. The molecule has 21 heavy (non-hydrogen) atoms. The van der Waals surface area contributed by atoms with Crippen LogP contribution >= 0.6 is 0 Å². The number of aliphatic hydroxyl groups excluding tert-OH is 1. The summed E-state index contributed by atoms with van der Waals surface area (Å²) in [5, 5.41) is 9.71. The van der Waals surface area contributed by atoms with Gasteiger partial charge in [-0.3, -0.25) is 14.4 Å². The van der Waals surface area contributed by atoms with Crippen LogP contribution in [0.25, 0.3) is 0 Å². The van der Waals surface area contributed by atoms with Crippen LogP contribution in [0.4, 0.5) is 4.39 Å². The highest BCUT2D eigenvalue weighted by molar-refractivity contribution is 5.97. The molecule has 0 aliphatic carbocycles. The first-order valence-electron chi connectivity index (χ1n) is 6.69. The first kappa shape index (κ1) is 15.4. The number of carbonyl (C=O) groups is 2. The van der Waals surface area contributed by atoms with E-state index in [1.807, 2.05) is 0 Å². The molecule has 0 aromatic heterocycles. The number of hydrogen-bond donors (Lipinski definition) is 2. The van der Waals surface area contributed by atoms with E-state index in [4.69, 9.17) is 4.84 Å². The van der Waals surface area contributed by atoms with E-state index in [1.165, 1.54) is 29.2 Å². The highest BCUT2D eigenvalue weighted by Gasteiger charge is 2.39. The molecule has 1 heterocycles. The highest BCUT2D eigenvalue weighted by Crippen LogP contribution is 2.21. The van der Waals surface area contributed by atoms with Crippen molar-refractivity contribution in [3.05, 3.63) is 35.6 Å². The van der Waals surface area contributed by atoms with Crippen LogP contribution in [-0.4, -0.2) is 47.1 Å². The molecule has 1 aliphatic heterocycles. The van der Waals surface area contributed by atoms with Gasteiger partial charge in [-0.15, -0.1) is 0 Å². The van der Waals surface area contributed by atoms with E-state index in [0.29, 0.717) is 6.61 Å². The van der Waals surface area contributed by atoms with Crippen molar-refractivity contribution < 1.29 is 23.9 Å². The molecule has 2 atom stereocenters. The maximum Gasteiger partial charge on any atom is 0.266 e. The number of likely N-dealkylation sites (tertiary alicyclic amines) is 1. The third-order valence-electron chi connectivity index (χ3n) is 3.25. The minimum atomic E-state index is -0.802. The predicted molar refractivity (Wildman–Crippen MR) is 71.6 cm³/mol. The van der Waals surface area contributed by atoms with Gasteiger partial charge in [-0.1, -0.05) is 0 Å². The van der Waals surface area contributed by atoms with Gasteiger partial charge in [0.25, 0.3) is 11.8 Å². The molecule has 2 rings (SSSR count). The summed E-state index contributed by atoms with van der Waals surface area (Å²) in [6, 6.07) is 4.24. The fourth-order valence-corrected chi connectivity index (χ4v) is 2.26. The van der Waals surface area contributed by atoms with Crippen LogP contribution in [0.5, 0.6) is 0 Å². The summed E-state index contributed by atoms with van der Waals surface area (Å²) < 4.78 is 12.9. The molecule has 1 aromatic rings. The molecule has 114 valence electrons. The number of hydroxylamine groups is 1. The van der Waals surface area contributed by atoms with Crippen LogP contribution in [0.15, 0.2) is 24.3 Å². The third kappa shape index (κ3) is 3.56. The largest absolute Gasteiger partial charge is 0.391 e. The molecular formula is C14H17FN2O4. The number of rotatable bonds is 4. The summed E-state index contributed by atoms with van der Waals surface area (Å²) in [4.78, 5) is 30.4. The zero-order valence-corrected chi connectivity index (χ0v) is 11.6. The van der Waals surface area contributed by atoms with Crippen molar-refractivity contribution in [3.63, 3.8) is 0 Å². The number of nitrogens with one attached hydrogen (secondary N) is 1. The predicted octanol–water partition coefficient (Wildman–Crippen LogP) is 0.469. The van der Waals surface area contributed by atoms with Gasteiger partial charge in [0.2, 0.25) is 0 Å². The van der Waals surface area contributed by atoms with Crippen molar-refractivity contribution in [2.45, 2.75) is 25.5 Å². The Balaban J connectivity index is 2.13. The van der Waals surface area contributed by atoms with Crippen molar-refractivity contribution in [1.29, 1.82) is 0 Å². The highest BCUT2D eigenvalue weighted by atomic mass is 19.1. The van der Waals surface area contributed by atoms with Gasteiger partial charge in [0.1, 0.15) is 11.9 Å². The summed E-state index contributed by atoms with van der Waals surface area (Å²) in [5.74, 6) is -1.36. The average Bonchev–Trinajstić information content (AvgIpc) is 2.87. The molecule has 6 nitrogen and oxygen atoms in total. The summed E-state index contributed by atoms with van der Waals surface area (Å²) in [6.45, 7) is 2.07. The molecular weight excluding hydrogens is 279 g/mol. The maximum absolute atomic E-state index is 12.9. The molecule has 1 saturated heterocycles. The van der Waals surface area contributed by atoms with E-state index in [9.17, 15) is 19.1 Å². The SMILES string of the molecule is CCONC(=O)C1CC(O)CN1C(=O)c1ccc(F)cc1. The summed E-state index contributed by atoms with van der Waals surface area (Å²) >= 11 is 0. The van der Waals surface area contributed by atoms with Gasteiger partial charge in [-0.05, 0) is 31.2 Å². The number of benzene rings is 1. The van der Waals surface area contributed by atoms with Crippen LogP contribution in [-0.2, 0) is 9.63 Å². The molecule has 0 radical (unpaired) electrons. The Morgan fingerprint density at radius 1 is 1.43 bits per heavy atom. The van der Waals surface area contributed by atoms with Crippen molar-refractivity contribution in [2.24, 2.45) is 0 Å². The third-order valence-corrected chi connectivity index (χ3v) is 3.25. The zero-order chi connectivity index (χ0) is 15.4. The van der Waals surface area contributed by atoms with E-state index in [1.54, 1.807) is 6.92 Å². The molecule has 2 amide bonds. The minimum Gasteiger partial charge on any atom is -0.391 e. The lowest BCUT2D eigenvalue weighted by Gasteiger charge is -2.23. The summed E-state index contributed by atoms with van der Waals surface area (Å²) in [7, 11) is 0. The molecule has 1 aromatic carbocycles. The second kappa shape index (κ2) is 6.64. The molecule has 0 spiro atoms. The van der Waals surface area contributed by atoms with Gasteiger partial charge < -0.3 is 10.0 Å². The van der Waals surface area contributed by atoms with Crippen LogP contribution in [0.1, 0.15) is 23.7 Å². The van der Waals surface area contributed by atoms with Gasteiger partial charge in [0, 0.05) is 18.5 Å². The van der Waals surface area contributed by atoms with Crippen LogP contribution in [0.2, 0.25) is 0 Å². The number of amides is 2. The van der Waals surface area contributed by atoms with Crippen LogP contribution in [0, 0.1) is 5.82 Å². The number of nitrogens with zero attached hydrogens (tertiary/aromatic N) is 1. The summed E-state index contributed by atoms with van der Waals surface area (Å²) in [6.07, 6.45) is -0.627. The number of carbonyl (C=O) groups excluding carboxylic acids is 2. The number of hydrogen-bond acceptors (Lipinski definition) is 4. The zero-order valence-electron chi connectivity index (χ0n) is 11.6. The molecule has 1 aliphatic rings. The van der Waals surface area contributed by atoms with Gasteiger partial charge in [0.15, 0.2) is 0 Å². The van der Waals surface area contributed by atoms with Crippen molar-refractivity contribution in [3.8, 4) is 0 Å². The molecule has 2 unspecified atom stereocenters. The van der Waals surface area contributed by atoms with Crippen molar-refractivity contribution in [2.75, 3.05) is 13.2 Å². The van der Waals surface area contributed by atoms with Gasteiger partial charge >= 0.3 is 0 Å². The van der Waals surface area contributed by atoms with Gasteiger partial charge in [-0.25, -0.2) is 9.87 Å². The van der Waals surface area contributed by atoms with Gasteiger partial charge in [-0.2, -0.15) is 0 Å². The lowest BCUT2D eigenvalue weighted by atomic mass is 10.1. The number of aliphatic hydroxyl groups is 1.